The fourth-order valence-electron chi connectivity index (χ4n) is 2.20. The zero-order chi connectivity index (χ0) is 17.5. The number of hydrogen-bond acceptors (Lipinski definition) is 5. The zero-order valence-corrected chi connectivity index (χ0v) is 13.4. The van der Waals surface area contributed by atoms with Crippen LogP contribution >= 0.6 is 0 Å². The molecule has 0 saturated carbocycles. The second kappa shape index (κ2) is 7.99. The van der Waals surface area contributed by atoms with Crippen LogP contribution in [0.3, 0.4) is 0 Å². The van der Waals surface area contributed by atoms with Gasteiger partial charge < -0.3 is 19.1 Å². The van der Waals surface area contributed by atoms with E-state index in [-0.39, 0.29) is 13.2 Å². The van der Waals surface area contributed by atoms with Gasteiger partial charge in [-0.2, -0.15) is 5.26 Å². The molecule has 0 aliphatic carbocycles. The quantitative estimate of drug-likeness (QED) is 0.718. The van der Waals surface area contributed by atoms with E-state index in [4.69, 9.17) is 14.7 Å². The van der Waals surface area contributed by atoms with Crippen molar-refractivity contribution >= 4 is 0 Å². The fraction of sp³-hybridized carbons (Fsp3) is 0.158. The molecule has 6 nitrogen and oxygen atoms in total. The van der Waals surface area contributed by atoms with E-state index >= 15 is 0 Å². The third kappa shape index (κ3) is 4.59. The van der Waals surface area contributed by atoms with Crippen LogP contribution in [0.1, 0.15) is 5.56 Å². The molecule has 0 fully saturated rings. The second-order valence-electron chi connectivity index (χ2n) is 5.38. The van der Waals surface area contributed by atoms with Crippen molar-refractivity contribution in [3.8, 4) is 23.3 Å². The topological polar surface area (TPSA) is 80.3 Å². The maximum Gasteiger partial charge on any atom is 0.122 e. The Hall–Kier alpha value is -3.30. The standard InChI is InChI=1S/C19H17N3O3/c20-11-15-4-6-18(7-5-15)24-12-17(23)13-25-19-3-1-2-16(10-19)22-9-8-21-14-22/h1-10,14,17,23H,12-13H2/t17-/m0/s1. The number of nitrogens with zero attached hydrogens (tertiary/aromatic N) is 3. The fourth-order valence-corrected chi connectivity index (χ4v) is 2.20. The van der Waals surface area contributed by atoms with Gasteiger partial charge in [0.05, 0.1) is 23.6 Å². The Bertz CT molecular complexity index is 839. The number of rotatable bonds is 7. The van der Waals surface area contributed by atoms with Crippen molar-refractivity contribution in [3.63, 3.8) is 0 Å². The lowest BCUT2D eigenvalue weighted by Crippen LogP contribution is -2.25. The van der Waals surface area contributed by atoms with Crippen molar-refractivity contribution < 1.29 is 14.6 Å². The maximum absolute atomic E-state index is 10.0. The predicted molar refractivity (Wildman–Crippen MR) is 91.7 cm³/mol. The molecule has 2 aromatic carbocycles. The molecule has 25 heavy (non-hydrogen) atoms. The lowest BCUT2D eigenvalue weighted by Gasteiger charge is -2.14. The smallest absolute Gasteiger partial charge is 0.122 e. The molecule has 1 N–H and O–H groups in total. The summed E-state index contributed by atoms with van der Waals surface area (Å²) >= 11 is 0. The average molecular weight is 335 g/mol. The van der Waals surface area contributed by atoms with Crippen molar-refractivity contribution in [1.29, 1.82) is 5.26 Å². The third-order valence-corrected chi connectivity index (χ3v) is 3.49. The van der Waals surface area contributed by atoms with E-state index in [2.05, 4.69) is 4.98 Å². The number of aliphatic hydroxyl groups is 1. The van der Waals surface area contributed by atoms with Crippen LogP contribution in [-0.2, 0) is 0 Å². The summed E-state index contributed by atoms with van der Waals surface area (Å²) in [4.78, 5) is 4.01. The Morgan fingerprint density at radius 1 is 1.08 bits per heavy atom. The summed E-state index contributed by atoms with van der Waals surface area (Å²) in [5.41, 5.74) is 1.49. The van der Waals surface area contributed by atoms with Crippen molar-refractivity contribution in [2.24, 2.45) is 0 Å². The molecule has 0 saturated heterocycles. The monoisotopic (exact) mass is 335 g/mol. The SMILES string of the molecule is N#Cc1ccc(OC[C@H](O)COc2cccc(-n3ccnc3)c2)cc1. The van der Waals surface area contributed by atoms with Crippen molar-refractivity contribution in [3.05, 3.63) is 72.8 Å². The Morgan fingerprint density at radius 2 is 1.84 bits per heavy atom. The molecule has 6 heteroatoms. The normalized spacial score (nSPS) is 11.5. The van der Waals surface area contributed by atoms with E-state index in [0.29, 0.717) is 17.1 Å². The van der Waals surface area contributed by atoms with E-state index in [1.54, 1.807) is 36.8 Å². The summed E-state index contributed by atoms with van der Waals surface area (Å²) in [6, 6.07) is 16.3. The van der Waals surface area contributed by atoms with Gasteiger partial charge in [0.2, 0.25) is 0 Å². The number of ether oxygens (including phenoxy) is 2. The van der Waals surface area contributed by atoms with Gasteiger partial charge in [0.1, 0.15) is 30.8 Å². The Kier molecular flexibility index (Phi) is 5.29. The van der Waals surface area contributed by atoms with Crippen LogP contribution in [0.5, 0.6) is 11.5 Å². The number of hydrogen-bond donors (Lipinski definition) is 1. The van der Waals surface area contributed by atoms with Gasteiger partial charge in [-0.3, -0.25) is 0 Å². The van der Waals surface area contributed by atoms with Crippen molar-refractivity contribution in [2.45, 2.75) is 6.10 Å². The molecule has 1 atom stereocenters. The zero-order valence-electron chi connectivity index (χ0n) is 13.4. The van der Waals surface area contributed by atoms with Crippen LogP contribution in [0.4, 0.5) is 0 Å². The van der Waals surface area contributed by atoms with Gasteiger partial charge in [0, 0.05) is 18.5 Å². The van der Waals surface area contributed by atoms with Gasteiger partial charge in [0.25, 0.3) is 0 Å². The molecule has 1 heterocycles. The molecule has 0 bridgehead atoms. The number of nitriles is 1. The number of imidazole rings is 1. The molecule has 0 amide bonds. The van der Waals surface area contributed by atoms with Gasteiger partial charge in [-0.05, 0) is 36.4 Å². The summed E-state index contributed by atoms with van der Waals surface area (Å²) in [5, 5.41) is 18.8. The predicted octanol–water partition coefficient (Wildman–Crippen LogP) is 2.56. The highest BCUT2D eigenvalue weighted by atomic mass is 16.5. The van der Waals surface area contributed by atoms with Crippen molar-refractivity contribution in [1.82, 2.24) is 9.55 Å². The van der Waals surface area contributed by atoms with Crippen LogP contribution in [0.25, 0.3) is 5.69 Å². The molecule has 3 rings (SSSR count). The summed E-state index contributed by atoms with van der Waals surface area (Å²) < 4.78 is 13.0. The highest BCUT2D eigenvalue weighted by molar-refractivity contribution is 5.39. The minimum atomic E-state index is -0.771. The number of benzene rings is 2. The second-order valence-corrected chi connectivity index (χ2v) is 5.38. The summed E-state index contributed by atoms with van der Waals surface area (Å²) in [5.74, 6) is 1.25. The Labute approximate surface area is 145 Å². The summed E-state index contributed by atoms with van der Waals surface area (Å²) in [6.07, 6.45) is 4.49. The summed E-state index contributed by atoms with van der Waals surface area (Å²) in [6.45, 7) is 0.219. The third-order valence-electron chi connectivity index (χ3n) is 3.49. The molecule has 3 aromatic rings. The van der Waals surface area contributed by atoms with E-state index in [1.165, 1.54) is 0 Å². The van der Waals surface area contributed by atoms with Gasteiger partial charge in [-0.25, -0.2) is 4.98 Å². The number of aliphatic hydroxyl groups excluding tert-OH is 1. The van der Waals surface area contributed by atoms with E-state index in [9.17, 15) is 5.11 Å². The molecular formula is C19H17N3O3. The minimum Gasteiger partial charge on any atom is -0.491 e. The van der Waals surface area contributed by atoms with Gasteiger partial charge in [-0.1, -0.05) is 6.07 Å². The van der Waals surface area contributed by atoms with E-state index < -0.39 is 6.10 Å². The van der Waals surface area contributed by atoms with Crippen LogP contribution in [0.2, 0.25) is 0 Å². The van der Waals surface area contributed by atoms with Gasteiger partial charge in [0.15, 0.2) is 0 Å². The van der Waals surface area contributed by atoms with Crippen LogP contribution in [0, 0.1) is 11.3 Å². The van der Waals surface area contributed by atoms with Crippen LogP contribution < -0.4 is 9.47 Å². The first-order valence-electron chi connectivity index (χ1n) is 7.77. The van der Waals surface area contributed by atoms with Crippen LogP contribution in [-0.4, -0.2) is 34.0 Å². The Balaban J connectivity index is 1.49. The molecule has 1 aromatic heterocycles. The van der Waals surface area contributed by atoms with Gasteiger partial charge >= 0.3 is 0 Å². The maximum atomic E-state index is 10.0. The molecule has 0 aliphatic rings. The highest BCUT2D eigenvalue weighted by Gasteiger charge is 2.07. The lowest BCUT2D eigenvalue weighted by atomic mass is 10.2. The first kappa shape index (κ1) is 16.6. The minimum absolute atomic E-state index is 0.104. The molecule has 0 aliphatic heterocycles. The molecular weight excluding hydrogens is 318 g/mol. The van der Waals surface area contributed by atoms with Crippen LogP contribution in [0.15, 0.2) is 67.3 Å². The largest absolute Gasteiger partial charge is 0.491 e. The van der Waals surface area contributed by atoms with E-state index in [1.807, 2.05) is 41.1 Å². The first-order valence-corrected chi connectivity index (χ1v) is 7.77. The average Bonchev–Trinajstić information content (AvgIpc) is 3.20. The molecule has 0 unspecified atom stereocenters. The van der Waals surface area contributed by atoms with Gasteiger partial charge in [-0.15, -0.1) is 0 Å². The van der Waals surface area contributed by atoms with E-state index in [0.717, 1.165) is 5.69 Å². The molecule has 0 spiro atoms. The molecule has 126 valence electrons. The Morgan fingerprint density at radius 3 is 2.52 bits per heavy atom. The van der Waals surface area contributed by atoms with Crippen molar-refractivity contribution in [2.75, 3.05) is 13.2 Å². The highest BCUT2D eigenvalue weighted by Crippen LogP contribution is 2.17. The number of aromatic nitrogens is 2. The summed E-state index contributed by atoms with van der Waals surface area (Å²) in [7, 11) is 0. The first-order chi connectivity index (χ1) is 12.2. The lowest BCUT2D eigenvalue weighted by molar-refractivity contribution is 0.0626. The molecule has 0 radical (unpaired) electrons.